The molecular formula is C62H92N20O19. The molecule has 5 rings (SSSR count). The number of hydrogen-bond donors (Lipinski definition) is 21. The van der Waals surface area contributed by atoms with Crippen LogP contribution in [0.5, 0.6) is 0 Å². The molecule has 0 saturated carbocycles. The summed E-state index contributed by atoms with van der Waals surface area (Å²) in [7, 11) is 0. The molecule has 3 aromatic rings. The van der Waals surface area contributed by atoms with Gasteiger partial charge in [-0.1, -0.05) is 50.6 Å². The summed E-state index contributed by atoms with van der Waals surface area (Å²) in [5.74, 6) is -14.8. The Hall–Kier alpha value is -10.7. The number of hydrogen-bond acceptors (Lipinski definition) is 21. The van der Waals surface area contributed by atoms with Crippen molar-refractivity contribution in [2.75, 3.05) is 46.0 Å². The molecular weight excluding hydrogens is 1330 g/mol. The first-order valence-electron chi connectivity index (χ1n) is 32.8. The van der Waals surface area contributed by atoms with E-state index in [1.165, 1.54) is 36.9 Å². The number of carbonyl (C=O) groups excluding carboxylic acids is 12. The highest BCUT2D eigenvalue weighted by atomic mass is 16.4. The van der Waals surface area contributed by atoms with Crippen molar-refractivity contribution in [3.05, 3.63) is 72.3 Å². The highest BCUT2D eigenvalue weighted by Crippen LogP contribution is 2.22. The van der Waals surface area contributed by atoms with Gasteiger partial charge in [0, 0.05) is 57.7 Å². The van der Waals surface area contributed by atoms with Crippen LogP contribution in [0.25, 0.3) is 0 Å². The number of nitrogens with two attached hydrogens (primary N) is 2. The summed E-state index contributed by atoms with van der Waals surface area (Å²) in [6, 6.07) is -9.22. The zero-order chi connectivity index (χ0) is 74.5. The van der Waals surface area contributed by atoms with Crippen molar-refractivity contribution < 1.29 is 92.7 Å². The summed E-state index contributed by atoms with van der Waals surface area (Å²) in [6.07, 6.45) is 4.74. The molecule has 39 heteroatoms. The van der Waals surface area contributed by atoms with Gasteiger partial charge in [0.1, 0.15) is 72.5 Å². The zero-order valence-corrected chi connectivity index (χ0v) is 56.0. The molecule has 0 spiro atoms. The first-order chi connectivity index (χ1) is 48.1. The van der Waals surface area contributed by atoms with Gasteiger partial charge < -0.3 is 115 Å². The number of rotatable bonds is 41. The van der Waals surface area contributed by atoms with Gasteiger partial charge in [-0.25, -0.2) is 14.8 Å². The molecule has 13 atom stereocenters. The smallest absolute Gasteiger partial charge is 0.326 e. The minimum atomic E-state index is -1.67. The van der Waals surface area contributed by atoms with E-state index in [4.69, 9.17) is 16.9 Å². The van der Waals surface area contributed by atoms with Crippen LogP contribution in [0.15, 0.2) is 55.4 Å². The van der Waals surface area contributed by atoms with E-state index in [2.05, 4.69) is 78.4 Å². The number of aliphatic carboxylic acids is 2. The Morgan fingerprint density at radius 2 is 1.09 bits per heavy atom. The second-order valence-corrected chi connectivity index (χ2v) is 24.3. The molecule has 0 unspecified atom stereocenters. The molecule has 0 aliphatic carbocycles. The van der Waals surface area contributed by atoms with Crippen LogP contribution in [0.1, 0.15) is 95.5 Å². The van der Waals surface area contributed by atoms with Crippen molar-refractivity contribution >= 4 is 88.8 Å². The minimum Gasteiger partial charge on any atom is -0.481 e. The van der Waals surface area contributed by atoms with Gasteiger partial charge in [0.2, 0.25) is 70.9 Å². The van der Waals surface area contributed by atoms with Crippen LogP contribution < -0.4 is 70.0 Å². The van der Waals surface area contributed by atoms with E-state index in [0.29, 0.717) is 24.1 Å². The van der Waals surface area contributed by atoms with Crippen molar-refractivity contribution in [1.29, 1.82) is 5.41 Å². The fourth-order valence-corrected chi connectivity index (χ4v) is 11.0. The summed E-state index contributed by atoms with van der Waals surface area (Å²) in [6.45, 7) is 1.27. The van der Waals surface area contributed by atoms with E-state index >= 15 is 0 Å². The first-order valence-corrected chi connectivity index (χ1v) is 32.8. The fraction of sp³-hybridized carbons (Fsp3) is 0.565. The average Bonchev–Trinajstić information content (AvgIpc) is 1.75. The van der Waals surface area contributed by atoms with Gasteiger partial charge in [-0.15, -0.1) is 0 Å². The number of aliphatic hydroxyl groups is 3. The number of carbonyl (C=O) groups is 14. The Labute approximate surface area is 579 Å². The largest absolute Gasteiger partial charge is 0.481 e. The Morgan fingerprint density at radius 3 is 1.61 bits per heavy atom. The van der Waals surface area contributed by atoms with E-state index in [1.807, 2.05) is 0 Å². The summed E-state index contributed by atoms with van der Waals surface area (Å²) in [4.78, 5) is 206. The number of aliphatic hydroxyl groups excluding tert-OH is 3. The summed E-state index contributed by atoms with van der Waals surface area (Å²) in [5, 5.41) is 83.2. The van der Waals surface area contributed by atoms with Crippen LogP contribution in [-0.2, 0) is 86.4 Å². The first kappa shape index (κ1) is 81.0. The quantitative estimate of drug-likeness (QED) is 0.0143. The maximum atomic E-state index is 14.6. The molecule has 2 aromatic heterocycles. The van der Waals surface area contributed by atoms with Crippen LogP contribution >= 0.6 is 0 Å². The number of nitrogens with zero attached hydrogens (tertiary/aromatic N) is 4. The Bertz CT molecular complexity index is 3350. The normalized spacial score (nSPS) is 17.4. The SMILES string of the molecule is CC[C@H](C)[C@H](NC(=O)CNC(=O)[C@@H]1CCCN1C(=O)[C@H](Cc1c[nH]cn1)NC(=O)[C@H](Cc1c[nH]cn1)NC(=O)[C@H](CO)NC(=O)[C@@H](N)CO)C(=O)N[C@@H](C)C(=O)N[C@@H](CCC(=O)O)C(=O)N[C@@H](Cc1ccccc1)C(=O)N1CCC[C@H]1C(=O)N[C@@H](CO)C(=O)N[C@@H](CCCNC(=N)N)C(=O)O. The van der Waals surface area contributed by atoms with Crippen LogP contribution in [0.4, 0.5) is 0 Å². The molecule has 2 aliphatic heterocycles. The van der Waals surface area contributed by atoms with Gasteiger partial charge in [-0.05, 0) is 63.4 Å². The molecule has 39 nitrogen and oxygen atoms in total. The Morgan fingerprint density at radius 1 is 0.584 bits per heavy atom. The van der Waals surface area contributed by atoms with E-state index in [1.54, 1.807) is 44.2 Å². The van der Waals surface area contributed by atoms with Gasteiger partial charge in [-0.2, -0.15) is 0 Å². The number of guanidine groups is 1. The monoisotopic (exact) mass is 1420 g/mol. The maximum Gasteiger partial charge on any atom is 0.326 e. The average molecular weight is 1420 g/mol. The molecule has 2 aliphatic rings. The number of carboxylic acids is 2. The second-order valence-electron chi connectivity index (χ2n) is 24.3. The van der Waals surface area contributed by atoms with Gasteiger partial charge in [0.05, 0.1) is 50.4 Å². The molecule has 12 amide bonds. The summed E-state index contributed by atoms with van der Waals surface area (Å²) < 4.78 is 0. The van der Waals surface area contributed by atoms with Crippen LogP contribution in [0.3, 0.4) is 0 Å². The van der Waals surface area contributed by atoms with Crippen molar-refractivity contribution in [3.63, 3.8) is 0 Å². The number of benzene rings is 1. The number of amides is 12. The number of imidazole rings is 2. The predicted octanol–water partition coefficient (Wildman–Crippen LogP) is -7.80. The van der Waals surface area contributed by atoms with Gasteiger partial charge >= 0.3 is 11.9 Å². The van der Waals surface area contributed by atoms with Crippen molar-refractivity contribution in [3.8, 4) is 0 Å². The zero-order valence-electron chi connectivity index (χ0n) is 56.0. The number of carboxylic acid groups (broad SMARTS) is 2. The molecule has 101 heavy (non-hydrogen) atoms. The molecule has 1 aromatic carbocycles. The number of aromatic amines is 2. The second kappa shape index (κ2) is 40.4. The third-order valence-corrected chi connectivity index (χ3v) is 16.8. The van der Waals surface area contributed by atoms with Crippen LogP contribution in [0.2, 0.25) is 0 Å². The Kier molecular flexibility index (Phi) is 32.4. The van der Waals surface area contributed by atoms with E-state index in [0.717, 1.165) is 4.90 Å². The minimum absolute atomic E-state index is 0.0199. The third kappa shape index (κ3) is 25.2. The van der Waals surface area contributed by atoms with Crippen molar-refractivity contribution in [2.45, 2.75) is 170 Å². The molecule has 4 heterocycles. The molecule has 0 bridgehead atoms. The molecule has 554 valence electrons. The predicted molar refractivity (Wildman–Crippen MR) is 353 cm³/mol. The lowest BCUT2D eigenvalue weighted by Gasteiger charge is -2.31. The fourth-order valence-electron chi connectivity index (χ4n) is 11.0. The van der Waals surface area contributed by atoms with Gasteiger partial charge in [0.25, 0.3) is 0 Å². The van der Waals surface area contributed by atoms with E-state index in [-0.39, 0.29) is 82.7 Å². The highest BCUT2D eigenvalue weighted by Gasteiger charge is 2.43. The summed E-state index contributed by atoms with van der Waals surface area (Å²) >= 11 is 0. The number of aromatic nitrogens is 4. The van der Waals surface area contributed by atoms with Crippen LogP contribution in [0, 0.1) is 11.3 Å². The standard InChI is InChI=1S/C62H92N20O19/c1-4-32(2)49(80-47(86)26-69-56(95)45-14-9-19-81(45)60(99)42(23-36-25-67-31-71-36)77-53(92)40(22-35-24-66-30-70-35)75-55(94)43(28-84)78-51(90)37(63)27-83)58(97)72-33(3)50(89)73-38(16-17-48(87)88)52(91)76-41(21-34-11-6-5-7-12-34)59(98)82-20-10-15-46(82)57(96)79-44(29-85)54(93)74-39(61(100)101)13-8-18-68-62(64)65/h5-7,11-12,24-25,30-33,37-46,49,83-85H,4,8-10,13-23,26-29,63H2,1-3H3,(H,66,70)(H,67,71)(H,69,95)(H,72,97)(H,73,89)(H,74,93)(H,75,94)(H,76,91)(H,77,92)(H,78,90)(H,79,96)(H,80,86)(H,87,88)(H,100,101)(H4,64,65,68)/t32-,33-,37-,38-,39-,40-,41-,42-,43-,44-,45-,46-,49-/m0/s1. The van der Waals surface area contributed by atoms with Crippen molar-refractivity contribution in [2.24, 2.45) is 17.4 Å². The molecule has 0 radical (unpaired) electrons. The third-order valence-electron chi connectivity index (χ3n) is 16.8. The molecule has 23 N–H and O–H groups in total. The van der Waals surface area contributed by atoms with Gasteiger partial charge in [0.15, 0.2) is 5.96 Å². The number of H-pyrrole nitrogens is 2. The Balaban J connectivity index is 1.24. The molecule has 2 saturated heterocycles. The lowest BCUT2D eigenvalue weighted by molar-refractivity contribution is -0.144. The maximum absolute atomic E-state index is 14.6. The number of likely N-dealkylation sites (tertiary alicyclic amines) is 2. The number of nitrogens with one attached hydrogen (secondary N) is 14. The van der Waals surface area contributed by atoms with E-state index in [9.17, 15) is 92.7 Å². The molecule has 2 fully saturated rings. The lowest BCUT2D eigenvalue weighted by Crippen LogP contribution is -2.60. The highest BCUT2D eigenvalue weighted by molar-refractivity contribution is 6.00. The lowest BCUT2D eigenvalue weighted by atomic mass is 9.98. The summed E-state index contributed by atoms with van der Waals surface area (Å²) in [5.41, 5.74) is 11.9. The van der Waals surface area contributed by atoms with Crippen LogP contribution in [-0.4, -0.2) is 263 Å². The van der Waals surface area contributed by atoms with Gasteiger partial charge in [-0.3, -0.25) is 67.7 Å². The topological polar surface area (TPSA) is 612 Å². The van der Waals surface area contributed by atoms with Crippen molar-refractivity contribution in [1.82, 2.24) is 88.2 Å². The van der Waals surface area contributed by atoms with E-state index < -0.39 is 200 Å².